The number of piperidine rings is 1. The normalized spacial score (nSPS) is 20.8. The second-order valence-electron chi connectivity index (χ2n) is 8.03. The highest BCUT2D eigenvalue weighted by atomic mass is 32.2. The summed E-state index contributed by atoms with van der Waals surface area (Å²) in [5.74, 6) is 0.877. The predicted molar refractivity (Wildman–Crippen MR) is 119 cm³/mol. The molecule has 1 unspecified atom stereocenters. The number of likely N-dealkylation sites (tertiary alicyclic amines) is 1. The number of carbonyl (C=O) groups is 1. The van der Waals surface area contributed by atoms with Crippen LogP contribution in [0.15, 0.2) is 52.9 Å². The molecule has 1 N–H and O–H groups in total. The van der Waals surface area contributed by atoms with Gasteiger partial charge in [0.05, 0.1) is 17.4 Å². The number of oxazole rings is 1. The van der Waals surface area contributed by atoms with Crippen LogP contribution in [0.3, 0.4) is 0 Å². The molecule has 2 aliphatic heterocycles. The van der Waals surface area contributed by atoms with E-state index in [-0.39, 0.29) is 17.7 Å². The standard InChI is InChI=1S/C22H24N4O4S/c27-22(23-17-7-3-8-18(14-17)26-12-5-13-31(26,28)29)25-11-4-6-16(15-25)21-24-19-9-1-2-10-20(19)30-21/h1-3,7-10,14,16H,4-6,11-13,15H2,(H,23,27). The average Bonchev–Trinajstić information content (AvgIpc) is 3.36. The van der Waals surface area contributed by atoms with Crippen molar-refractivity contribution in [3.8, 4) is 0 Å². The van der Waals surface area contributed by atoms with Gasteiger partial charge in [0.25, 0.3) is 0 Å². The summed E-state index contributed by atoms with van der Waals surface area (Å²) in [5.41, 5.74) is 2.74. The highest BCUT2D eigenvalue weighted by molar-refractivity contribution is 7.93. The lowest BCUT2D eigenvalue weighted by Crippen LogP contribution is -2.41. The SMILES string of the molecule is O=C(Nc1cccc(N2CCCS2(=O)=O)c1)N1CCCC(c2nc3ccccc3o2)C1. The van der Waals surface area contributed by atoms with Gasteiger partial charge in [-0.2, -0.15) is 0 Å². The van der Waals surface area contributed by atoms with Gasteiger partial charge in [0.15, 0.2) is 11.5 Å². The number of anilines is 2. The monoisotopic (exact) mass is 440 g/mol. The van der Waals surface area contributed by atoms with Gasteiger partial charge in [0.1, 0.15) is 5.52 Å². The number of rotatable bonds is 3. The van der Waals surface area contributed by atoms with Gasteiger partial charge in [-0.05, 0) is 49.6 Å². The molecule has 31 heavy (non-hydrogen) atoms. The summed E-state index contributed by atoms with van der Waals surface area (Å²) in [4.78, 5) is 19.3. The number of hydrogen-bond donors (Lipinski definition) is 1. The summed E-state index contributed by atoms with van der Waals surface area (Å²) >= 11 is 0. The quantitative estimate of drug-likeness (QED) is 0.669. The van der Waals surface area contributed by atoms with Gasteiger partial charge in [0.2, 0.25) is 10.0 Å². The van der Waals surface area contributed by atoms with E-state index >= 15 is 0 Å². The van der Waals surface area contributed by atoms with E-state index in [4.69, 9.17) is 4.42 Å². The van der Waals surface area contributed by atoms with E-state index in [2.05, 4.69) is 10.3 Å². The van der Waals surface area contributed by atoms with Gasteiger partial charge < -0.3 is 14.6 Å². The molecule has 5 rings (SSSR count). The van der Waals surface area contributed by atoms with Gasteiger partial charge in [-0.25, -0.2) is 18.2 Å². The molecule has 2 aromatic carbocycles. The molecule has 8 nitrogen and oxygen atoms in total. The second-order valence-corrected chi connectivity index (χ2v) is 10.0. The summed E-state index contributed by atoms with van der Waals surface area (Å²) in [6.45, 7) is 1.65. The van der Waals surface area contributed by atoms with Crippen LogP contribution in [0.5, 0.6) is 0 Å². The van der Waals surface area contributed by atoms with Crippen LogP contribution in [0.2, 0.25) is 0 Å². The number of aromatic nitrogens is 1. The van der Waals surface area contributed by atoms with Crippen molar-refractivity contribution in [3.63, 3.8) is 0 Å². The molecule has 0 aliphatic carbocycles. The van der Waals surface area contributed by atoms with E-state index in [1.54, 1.807) is 29.2 Å². The Morgan fingerprint density at radius 2 is 1.97 bits per heavy atom. The predicted octanol–water partition coefficient (Wildman–Crippen LogP) is 3.78. The maximum Gasteiger partial charge on any atom is 0.321 e. The number of carbonyl (C=O) groups excluding carboxylic acids is 1. The van der Waals surface area contributed by atoms with Crippen molar-refractivity contribution in [1.82, 2.24) is 9.88 Å². The molecule has 0 radical (unpaired) electrons. The molecule has 9 heteroatoms. The first-order chi connectivity index (χ1) is 15.0. The average molecular weight is 441 g/mol. The van der Waals surface area contributed by atoms with Crippen LogP contribution >= 0.6 is 0 Å². The number of hydrogen-bond acceptors (Lipinski definition) is 5. The molecule has 1 atom stereocenters. The fraction of sp³-hybridized carbons (Fsp3) is 0.364. The molecule has 2 fully saturated rings. The largest absolute Gasteiger partial charge is 0.440 e. The van der Waals surface area contributed by atoms with E-state index < -0.39 is 10.0 Å². The van der Waals surface area contributed by atoms with Crippen LogP contribution < -0.4 is 9.62 Å². The third-order valence-corrected chi connectivity index (χ3v) is 7.72. The number of amides is 2. The number of urea groups is 1. The maximum absolute atomic E-state index is 12.9. The summed E-state index contributed by atoms with van der Waals surface area (Å²) in [6, 6.07) is 14.4. The zero-order valence-electron chi connectivity index (χ0n) is 17.0. The lowest BCUT2D eigenvalue weighted by atomic mass is 9.98. The second kappa shape index (κ2) is 7.88. The van der Waals surface area contributed by atoms with Gasteiger partial charge >= 0.3 is 6.03 Å². The molecule has 3 heterocycles. The molecule has 0 saturated carbocycles. The number of nitrogens with one attached hydrogen (secondary N) is 1. The lowest BCUT2D eigenvalue weighted by Gasteiger charge is -2.31. The van der Waals surface area contributed by atoms with Crippen molar-refractivity contribution in [2.75, 3.05) is 35.0 Å². The van der Waals surface area contributed by atoms with Crippen LogP contribution in [-0.4, -0.2) is 49.7 Å². The highest BCUT2D eigenvalue weighted by Crippen LogP contribution is 2.30. The van der Waals surface area contributed by atoms with Gasteiger partial charge in [-0.1, -0.05) is 18.2 Å². The molecule has 2 saturated heterocycles. The van der Waals surface area contributed by atoms with Crippen LogP contribution in [0, 0.1) is 0 Å². The molecule has 0 bridgehead atoms. The minimum Gasteiger partial charge on any atom is -0.440 e. The topological polar surface area (TPSA) is 95.8 Å². The fourth-order valence-corrected chi connectivity index (χ4v) is 5.86. The summed E-state index contributed by atoms with van der Waals surface area (Å²) in [5, 5.41) is 2.92. The number of para-hydroxylation sites is 2. The smallest absolute Gasteiger partial charge is 0.321 e. The van der Waals surface area contributed by atoms with E-state index in [0.29, 0.717) is 43.3 Å². The highest BCUT2D eigenvalue weighted by Gasteiger charge is 2.30. The molecule has 2 aliphatic rings. The van der Waals surface area contributed by atoms with Gasteiger partial charge in [-0.3, -0.25) is 4.31 Å². The van der Waals surface area contributed by atoms with Crippen molar-refractivity contribution in [2.45, 2.75) is 25.2 Å². The van der Waals surface area contributed by atoms with E-state index in [1.807, 2.05) is 24.3 Å². The van der Waals surface area contributed by atoms with E-state index in [1.165, 1.54) is 4.31 Å². The van der Waals surface area contributed by atoms with Crippen molar-refractivity contribution >= 4 is 38.5 Å². The van der Waals surface area contributed by atoms with Crippen LogP contribution in [0.4, 0.5) is 16.2 Å². The minimum absolute atomic E-state index is 0.0491. The lowest BCUT2D eigenvalue weighted by molar-refractivity contribution is 0.187. The van der Waals surface area contributed by atoms with Gasteiger partial charge in [0, 0.05) is 25.3 Å². The van der Waals surface area contributed by atoms with Crippen molar-refractivity contribution in [2.24, 2.45) is 0 Å². The zero-order chi connectivity index (χ0) is 21.4. The fourth-order valence-electron chi connectivity index (χ4n) is 4.30. The van der Waals surface area contributed by atoms with Crippen LogP contribution in [0.25, 0.3) is 11.1 Å². The Morgan fingerprint density at radius 3 is 2.77 bits per heavy atom. The Kier molecular flexibility index (Phi) is 5.05. The first kappa shape index (κ1) is 19.9. The Morgan fingerprint density at radius 1 is 1.10 bits per heavy atom. The third kappa shape index (κ3) is 3.97. The molecule has 3 aromatic rings. The summed E-state index contributed by atoms with van der Waals surface area (Å²) in [7, 11) is -3.26. The van der Waals surface area contributed by atoms with E-state index in [9.17, 15) is 13.2 Å². The Hall–Kier alpha value is -3.07. The molecule has 0 spiro atoms. The number of benzene rings is 2. The van der Waals surface area contributed by atoms with Crippen molar-refractivity contribution < 1.29 is 17.6 Å². The third-order valence-electron chi connectivity index (χ3n) is 5.85. The number of fused-ring (bicyclic) bond motifs is 1. The Labute approximate surface area is 180 Å². The maximum atomic E-state index is 12.9. The van der Waals surface area contributed by atoms with Crippen LogP contribution in [0.1, 0.15) is 31.1 Å². The first-order valence-corrected chi connectivity index (χ1v) is 12.1. The van der Waals surface area contributed by atoms with Crippen molar-refractivity contribution in [3.05, 3.63) is 54.4 Å². The number of nitrogens with zero attached hydrogens (tertiary/aromatic N) is 3. The molecule has 2 amide bonds. The molecule has 1 aromatic heterocycles. The van der Waals surface area contributed by atoms with Crippen molar-refractivity contribution in [1.29, 1.82) is 0 Å². The zero-order valence-corrected chi connectivity index (χ0v) is 17.8. The van der Waals surface area contributed by atoms with Crippen LogP contribution in [-0.2, 0) is 10.0 Å². The Bertz CT molecular complexity index is 1190. The first-order valence-electron chi connectivity index (χ1n) is 10.5. The number of sulfonamides is 1. The molecular weight excluding hydrogens is 416 g/mol. The Balaban J connectivity index is 1.29. The molecule has 162 valence electrons. The van der Waals surface area contributed by atoms with Gasteiger partial charge in [-0.15, -0.1) is 0 Å². The summed E-state index contributed by atoms with van der Waals surface area (Å²) in [6.07, 6.45) is 2.39. The molecular formula is C22H24N4O4S. The van der Waals surface area contributed by atoms with E-state index in [0.717, 1.165) is 23.9 Å². The minimum atomic E-state index is -3.26. The summed E-state index contributed by atoms with van der Waals surface area (Å²) < 4.78 is 31.7.